The fourth-order valence-corrected chi connectivity index (χ4v) is 4.42. The minimum Gasteiger partial charge on any atom is -0.496 e. The molecule has 0 bridgehead atoms. The number of anilines is 1. The fraction of sp³-hybridized carbons (Fsp3) is 0.200. The number of rotatable bonds is 5. The Kier molecular flexibility index (Phi) is 4.92. The van der Waals surface area contributed by atoms with Gasteiger partial charge in [0.15, 0.2) is 6.10 Å². The quantitative estimate of drug-likeness (QED) is 0.596. The topological polar surface area (TPSA) is 59.1 Å². The molecule has 2 amide bonds. The smallest absolute Gasteiger partial charge is 0.262 e. The Morgan fingerprint density at radius 2 is 1.48 bits per heavy atom. The predicted octanol–water partition coefficient (Wildman–Crippen LogP) is 3.74. The van der Waals surface area contributed by atoms with Crippen LogP contribution in [-0.4, -0.2) is 29.9 Å². The highest BCUT2D eigenvalue weighted by Gasteiger charge is 2.60. The monoisotopic (exact) mass is 414 g/mol. The summed E-state index contributed by atoms with van der Waals surface area (Å²) >= 11 is 0. The molecule has 2 fully saturated rings. The molecule has 2 aliphatic heterocycles. The molecule has 156 valence electrons. The first-order chi connectivity index (χ1) is 15.2. The molecule has 2 aliphatic rings. The molecule has 31 heavy (non-hydrogen) atoms. The standard InChI is InChI=1S/C25H22N2O4/c1-30-20-15-9-8-14-19(20)22-21-23(31-27(22)18-12-6-3-7-13-18)25(29)26(24(21)28)16-17-10-4-2-5-11-17/h2-15,21-23H,16H2,1H3/t21-,22-,23-/m1/s1. The number of amides is 2. The van der Waals surface area contributed by atoms with Crippen LogP contribution in [0.3, 0.4) is 0 Å². The van der Waals surface area contributed by atoms with Crippen LogP contribution in [0.1, 0.15) is 17.2 Å². The van der Waals surface area contributed by atoms with Crippen LogP contribution in [-0.2, 0) is 21.0 Å². The van der Waals surface area contributed by atoms with E-state index >= 15 is 0 Å². The van der Waals surface area contributed by atoms with Crippen LogP contribution < -0.4 is 9.80 Å². The van der Waals surface area contributed by atoms with Crippen molar-refractivity contribution in [2.45, 2.75) is 18.7 Å². The minimum absolute atomic E-state index is 0.229. The summed E-state index contributed by atoms with van der Waals surface area (Å²) in [5, 5.41) is 1.68. The molecule has 0 saturated carbocycles. The van der Waals surface area contributed by atoms with E-state index in [1.54, 1.807) is 12.2 Å². The number of methoxy groups -OCH3 is 1. The number of para-hydroxylation sites is 2. The Morgan fingerprint density at radius 3 is 2.19 bits per heavy atom. The number of fused-ring (bicyclic) bond motifs is 1. The van der Waals surface area contributed by atoms with Crippen LogP contribution in [0.4, 0.5) is 5.69 Å². The summed E-state index contributed by atoms with van der Waals surface area (Å²) in [5.74, 6) is -0.544. The van der Waals surface area contributed by atoms with Gasteiger partial charge in [0.05, 0.1) is 25.4 Å². The molecule has 6 nitrogen and oxygen atoms in total. The Labute approximate surface area is 180 Å². The molecule has 3 aromatic rings. The number of benzene rings is 3. The summed E-state index contributed by atoms with van der Waals surface area (Å²) in [5.41, 5.74) is 2.49. The van der Waals surface area contributed by atoms with Crippen molar-refractivity contribution in [3.63, 3.8) is 0 Å². The molecule has 6 heteroatoms. The third-order valence-electron chi connectivity index (χ3n) is 5.86. The van der Waals surface area contributed by atoms with Gasteiger partial charge in [-0.3, -0.25) is 19.3 Å². The Bertz CT molecular complexity index is 1100. The lowest BCUT2D eigenvalue weighted by Crippen LogP contribution is -2.37. The Hall–Kier alpha value is -3.64. The normalized spacial score (nSPS) is 22.7. The van der Waals surface area contributed by atoms with Gasteiger partial charge in [-0.1, -0.05) is 66.7 Å². The molecule has 5 rings (SSSR count). The van der Waals surface area contributed by atoms with Crippen molar-refractivity contribution in [3.8, 4) is 5.75 Å². The van der Waals surface area contributed by atoms with Crippen molar-refractivity contribution >= 4 is 17.5 Å². The number of likely N-dealkylation sites (tertiary alicyclic amines) is 1. The number of hydrogen-bond donors (Lipinski definition) is 0. The molecular formula is C25H22N2O4. The second kappa shape index (κ2) is 7.89. The van der Waals surface area contributed by atoms with E-state index in [0.717, 1.165) is 16.8 Å². The highest BCUT2D eigenvalue weighted by atomic mass is 16.7. The average molecular weight is 414 g/mol. The third-order valence-corrected chi connectivity index (χ3v) is 5.86. The van der Waals surface area contributed by atoms with Gasteiger partial charge in [0.2, 0.25) is 5.91 Å². The minimum atomic E-state index is -0.869. The molecule has 3 atom stereocenters. The first kappa shape index (κ1) is 19.3. The SMILES string of the molecule is COc1ccccc1[C@@H]1[C@H]2C(=O)N(Cc3ccccc3)C(=O)[C@@H]2ON1c1ccccc1. The second-order valence-electron chi connectivity index (χ2n) is 7.65. The van der Waals surface area contributed by atoms with Crippen LogP contribution >= 0.6 is 0 Å². The van der Waals surface area contributed by atoms with Crippen molar-refractivity contribution in [1.29, 1.82) is 0 Å². The van der Waals surface area contributed by atoms with Crippen LogP contribution in [0, 0.1) is 5.92 Å². The van der Waals surface area contributed by atoms with E-state index in [9.17, 15) is 9.59 Å². The van der Waals surface area contributed by atoms with Crippen LogP contribution in [0.2, 0.25) is 0 Å². The molecule has 0 N–H and O–H groups in total. The first-order valence-corrected chi connectivity index (χ1v) is 10.2. The van der Waals surface area contributed by atoms with E-state index in [0.29, 0.717) is 5.75 Å². The van der Waals surface area contributed by atoms with E-state index in [1.807, 2.05) is 84.9 Å². The van der Waals surface area contributed by atoms with Gasteiger partial charge in [0, 0.05) is 5.56 Å². The maximum absolute atomic E-state index is 13.5. The van der Waals surface area contributed by atoms with Gasteiger partial charge in [0.1, 0.15) is 11.7 Å². The maximum atomic E-state index is 13.5. The molecule has 2 heterocycles. The lowest BCUT2D eigenvalue weighted by Gasteiger charge is -2.29. The van der Waals surface area contributed by atoms with Gasteiger partial charge >= 0.3 is 0 Å². The number of carbonyl (C=O) groups excluding carboxylic acids is 2. The van der Waals surface area contributed by atoms with Crippen molar-refractivity contribution in [2.24, 2.45) is 5.92 Å². The van der Waals surface area contributed by atoms with Crippen LogP contribution in [0.25, 0.3) is 0 Å². The summed E-state index contributed by atoms with van der Waals surface area (Å²) in [6.45, 7) is 0.235. The van der Waals surface area contributed by atoms with E-state index in [-0.39, 0.29) is 18.4 Å². The van der Waals surface area contributed by atoms with Crippen LogP contribution in [0.5, 0.6) is 5.75 Å². The largest absolute Gasteiger partial charge is 0.496 e. The van der Waals surface area contributed by atoms with Gasteiger partial charge in [-0.2, -0.15) is 0 Å². The molecule has 0 aliphatic carbocycles. The summed E-state index contributed by atoms with van der Waals surface area (Å²) in [6.07, 6.45) is -0.869. The van der Waals surface area contributed by atoms with Crippen LogP contribution in [0.15, 0.2) is 84.9 Å². The van der Waals surface area contributed by atoms with Gasteiger partial charge < -0.3 is 4.74 Å². The van der Waals surface area contributed by atoms with E-state index in [1.165, 1.54) is 4.90 Å². The molecule has 0 unspecified atom stereocenters. The van der Waals surface area contributed by atoms with E-state index in [4.69, 9.17) is 9.57 Å². The van der Waals surface area contributed by atoms with Gasteiger partial charge in [-0.05, 0) is 23.8 Å². The number of hydroxylamine groups is 1. The Balaban J connectivity index is 1.56. The average Bonchev–Trinajstić information content (AvgIpc) is 3.32. The number of carbonyl (C=O) groups is 2. The zero-order chi connectivity index (χ0) is 21.4. The first-order valence-electron chi connectivity index (χ1n) is 10.2. The lowest BCUT2D eigenvalue weighted by atomic mass is 9.90. The number of imide groups is 1. The maximum Gasteiger partial charge on any atom is 0.262 e. The van der Waals surface area contributed by atoms with E-state index in [2.05, 4.69) is 0 Å². The predicted molar refractivity (Wildman–Crippen MR) is 115 cm³/mol. The van der Waals surface area contributed by atoms with Gasteiger partial charge in [-0.25, -0.2) is 5.06 Å². The number of hydrogen-bond acceptors (Lipinski definition) is 5. The lowest BCUT2D eigenvalue weighted by molar-refractivity contribution is -0.143. The summed E-state index contributed by atoms with van der Waals surface area (Å²) in [4.78, 5) is 34.2. The zero-order valence-electron chi connectivity index (χ0n) is 17.0. The molecule has 3 aromatic carbocycles. The molecule has 2 saturated heterocycles. The molecule has 0 aromatic heterocycles. The van der Waals surface area contributed by atoms with Gasteiger partial charge in [0.25, 0.3) is 5.91 Å². The van der Waals surface area contributed by atoms with E-state index < -0.39 is 18.1 Å². The van der Waals surface area contributed by atoms with Crippen molar-refractivity contribution in [2.75, 3.05) is 12.2 Å². The number of nitrogens with zero attached hydrogens (tertiary/aromatic N) is 2. The summed E-state index contributed by atoms with van der Waals surface area (Å²) in [7, 11) is 1.60. The summed E-state index contributed by atoms with van der Waals surface area (Å²) in [6, 6.07) is 26.1. The van der Waals surface area contributed by atoms with Crippen molar-refractivity contribution in [1.82, 2.24) is 4.90 Å². The third kappa shape index (κ3) is 3.25. The summed E-state index contributed by atoms with van der Waals surface area (Å²) < 4.78 is 5.58. The second-order valence-corrected chi connectivity index (χ2v) is 7.65. The fourth-order valence-electron chi connectivity index (χ4n) is 4.42. The highest BCUT2D eigenvalue weighted by molar-refractivity contribution is 6.07. The molecule has 0 radical (unpaired) electrons. The highest BCUT2D eigenvalue weighted by Crippen LogP contribution is 2.48. The van der Waals surface area contributed by atoms with Crippen molar-refractivity contribution < 1.29 is 19.2 Å². The zero-order valence-corrected chi connectivity index (χ0v) is 17.0. The number of ether oxygens (including phenoxy) is 1. The van der Waals surface area contributed by atoms with Crippen molar-refractivity contribution in [3.05, 3.63) is 96.1 Å². The Morgan fingerprint density at radius 1 is 0.839 bits per heavy atom. The molecule has 0 spiro atoms. The van der Waals surface area contributed by atoms with Gasteiger partial charge in [-0.15, -0.1) is 0 Å². The molecular weight excluding hydrogens is 392 g/mol.